The Kier molecular flexibility index (Phi) is 6.30. The molecule has 1 saturated heterocycles. The van der Waals surface area contributed by atoms with E-state index < -0.39 is 10.9 Å². The number of aromatic amines is 1. The fourth-order valence-electron chi connectivity index (χ4n) is 3.06. The van der Waals surface area contributed by atoms with E-state index in [4.69, 9.17) is 0 Å². The molecule has 0 aliphatic carbocycles. The summed E-state index contributed by atoms with van der Waals surface area (Å²) in [6, 6.07) is 4.55. The van der Waals surface area contributed by atoms with Crippen molar-refractivity contribution in [3.05, 3.63) is 44.6 Å². The monoisotopic (exact) mass is 403 g/mol. The summed E-state index contributed by atoms with van der Waals surface area (Å²) in [4.78, 5) is 28.9. The number of carboxylic acid groups (broad SMARTS) is 1. The average Bonchev–Trinajstić information content (AvgIpc) is 3.33. The van der Waals surface area contributed by atoms with Gasteiger partial charge < -0.3 is 10.0 Å². The van der Waals surface area contributed by atoms with Crippen molar-refractivity contribution in [3.8, 4) is 0 Å². The van der Waals surface area contributed by atoms with Crippen LogP contribution in [0.2, 0.25) is 0 Å². The first kappa shape index (κ1) is 19.9. The van der Waals surface area contributed by atoms with E-state index in [0.717, 1.165) is 56.2 Å². The molecule has 1 aliphatic rings. The second kappa shape index (κ2) is 8.87. The van der Waals surface area contributed by atoms with Crippen LogP contribution in [0.25, 0.3) is 6.08 Å². The summed E-state index contributed by atoms with van der Waals surface area (Å²) < 4.78 is 0. The highest BCUT2D eigenvalue weighted by atomic mass is 32.2. The molecule has 2 heterocycles. The van der Waals surface area contributed by atoms with Gasteiger partial charge in [0, 0.05) is 42.9 Å². The second-order valence-corrected chi connectivity index (χ2v) is 7.43. The van der Waals surface area contributed by atoms with Crippen LogP contribution in [-0.2, 0) is 11.2 Å². The highest BCUT2D eigenvalue weighted by molar-refractivity contribution is 8.04. The zero-order valence-electron chi connectivity index (χ0n) is 15.4. The molecule has 0 bridgehead atoms. The van der Waals surface area contributed by atoms with Crippen LogP contribution >= 0.6 is 11.8 Å². The number of nitro benzene ring substituents is 1. The fourth-order valence-corrected chi connectivity index (χ4v) is 3.78. The van der Waals surface area contributed by atoms with Gasteiger partial charge in [0.1, 0.15) is 10.7 Å². The molecule has 1 aromatic carbocycles. The number of thioether (sulfide) groups is 1. The van der Waals surface area contributed by atoms with E-state index in [1.165, 1.54) is 18.2 Å². The minimum atomic E-state index is -1.13. The summed E-state index contributed by atoms with van der Waals surface area (Å²) >= 11 is 0.924. The molecule has 148 valence electrons. The van der Waals surface area contributed by atoms with Crippen molar-refractivity contribution in [1.29, 1.82) is 0 Å². The number of benzene rings is 1. The lowest BCUT2D eigenvalue weighted by molar-refractivity contribution is -0.384. The van der Waals surface area contributed by atoms with Gasteiger partial charge in [0.15, 0.2) is 0 Å². The number of aryl methyl sites for hydroxylation is 1. The van der Waals surface area contributed by atoms with Crippen molar-refractivity contribution in [3.63, 3.8) is 0 Å². The Bertz CT molecular complexity index is 905. The third-order valence-electron chi connectivity index (χ3n) is 4.37. The summed E-state index contributed by atoms with van der Waals surface area (Å²) in [6.07, 6.45) is 5.16. The quantitative estimate of drug-likeness (QED) is 0.297. The van der Waals surface area contributed by atoms with Crippen LogP contribution in [0.15, 0.2) is 28.3 Å². The normalized spacial score (nSPS) is 14.5. The van der Waals surface area contributed by atoms with Crippen LogP contribution in [0.3, 0.4) is 0 Å². The van der Waals surface area contributed by atoms with E-state index in [1.807, 2.05) is 6.92 Å². The van der Waals surface area contributed by atoms with Crippen molar-refractivity contribution in [1.82, 2.24) is 15.2 Å². The van der Waals surface area contributed by atoms with Gasteiger partial charge in [-0.25, -0.2) is 9.78 Å². The van der Waals surface area contributed by atoms with Gasteiger partial charge in [0.2, 0.25) is 5.16 Å². The Morgan fingerprint density at radius 2 is 2.18 bits per heavy atom. The van der Waals surface area contributed by atoms with E-state index in [1.54, 1.807) is 6.07 Å². The maximum atomic E-state index is 11.8. The fraction of sp³-hybridized carbons (Fsp3) is 0.389. The Labute approximate surface area is 166 Å². The molecule has 0 unspecified atom stereocenters. The van der Waals surface area contributed by atoms with Gasteiger partial charge >= 0.3 is 5.97 Å². The number of carboxylic acids is 1. The Hall–Kier alpha value is -2.88. The number of hydrogen-bond acceptors (Lipinski definition) is 7. The molecule has 9 nitrogen and oxygen atoms in total. The van der Waals surface area contributed by atoms with E-state index >= 15 is 0 Å². The van der Waals surface area contributed by atoms with Gasteiger partial charge in [-0.15, -0.1) is 5.10 Å². The van der Waals surface area contributed by atoms with Crippen molar-refractivity contribution < 1.29 is 14.8 Å². The number of hydrogen-bond donors (Lipinski definition) is 2. The number of nitrogens with one attached hydrogen (secondary N) is 1. The zero-order chi connectivity index (χ0) is 20.1. The van der Waals surface area contributed by atoms with Crippen molar-refractivity contribution in [2.45, 2.75) is 37.8 Å². The first-order valence-corrected chi connectivity index (χ1v) is 9.87. The molecule has 10 heteroatoms. The van der Waals surface area contributed by atoms with E-state index in [9.17, 15) is 20.0 Å². The molecule has 0 spiro atoms. The summed E-state index contributed by atoms with van der Waals surface area (Å²) in [5, 5.41) is 28.0. The summed E-state index contributed by atoms with van der Waals surface area (Å²) in [5.41, 5.74) is 1.22. The van der Waals surface area contributed by atoms with Crippen molar-refractivity contribution >= 4 is 35.2 Å². The Morgan fingerprint density at radius 3 is 2.82 bits per heavy atom. The zero-order valence-corrected chi connectivity index (χ0v) is 16.2. The lowest BCUT2D eigenvalue weighted by Gasteiger charge is -2.20. The second-order valence-electron chi connectivity index (χ2n) is 6.42. The van der Waals surface area contributed by atoms with Gasteiger partial charge in [-0.2, -0.15) is 0 Å². The molecule has 1 aliphatic heterocycles. The van der Waals surface area contributed by atoms with Gasteiger partial charge in [-0.3, -0.25) is 15.2 Å². The highest BCUT2D eigenvalue weighted by Gasteiger charge is 2.20. The number of aromatic nitrogens is 3. The summed E-state index contributed by atoms with van der Waals surface area (Å²) in [7, 11) is 0. The first-order chi connectivity index (χ1) is 13.5. The van der Waals surface area contributed by atoms with Gasteiger partial charge in [-0.05, 0) is 43.2 Å². The maximum absolute atomic E-state index is 11.8. The molecule has 28 heavy (non-hydrogen) atoms. The third kappa shape index (κ3) is 4.69. The summed E-state index contributed by atoms with van der Waals surface area (Å²) in [6.45, 7) is 3.70. The summed E-state index contributed by atoms with van der Waals surface area (Å²) in [5.74, 6) is -0.437. The molecule has 0 amide bonds. The van der Waals surface area contributed by atoms with Crippen LogP contribution in [0.1, 0.15) is 37.6 Å². The predicted octanol–water partition coefficient (Wildman–Crippen LogP) is 3.48. The van der Waals surface area contributed by atoms with Gasteiger partial charge in [0.05, 0.1) is 4.92 Å². The van der Waals surface area contributed by atoms with Crippen LogP contribution in [-0.4, -0.2) is 44.3 Å². The number of rotatable bonds is 8. The number of H-pyrrole nitrogens is 1. The molecular formula is C18H21N5O4S. The number of carbonyl (C=O) groups is 1. The number of nitrogens with zero attached hydrogens (tertiary/aromatic N) is 4. The Morgan fingerprint density at radius 1 is 1.43 bits per heavy atom. The maximum Gasteiger partial charge on any atom is 0.342 e. The predicted molar refractivity (Wildman–Crippen MR) is 106 cm³/mol. The average molecular weight is 403 g/mol. The first-order valence-electron chi connectivity index (χ1n) is 9.05. The van der Waals surface area contributed by atoms with Gasteiger partial charge in [-0.1, -0.05) is 6.92 Å². The molecule has 2 aromatic rings. The minimum absolute atomic E-state index is 0.00277. The van der Waals surface area contributed by atoms with Crippen LogP contribution in [0.5, 0.6) is 0 Å². The van der Waals surface area contributed by atoms with Crippen LogP contribution < -0.4 is 4.90 Å². The minimum Gasteiger partial charge on any atom is -0.477 e. The molecule has 0 saturated carbocycles. The van der Waals surface area contributed by atoms with Crippen LogP contribution in [0, 0.1) is 10.1 Å². The van der Waals surface area contributed by atoms with Gasteiger partial charge in [0.25, 0.3) is 5.69 Å². The van der Waals surface area contributed by atoms with E-state index in [2.05, 4.69) is 20.1 Å². The topological polar surface area (TPSA) is 125 Å². The number of anilines is 1. The van der Waals surface area contributed by atoms with Crippen LogP contribution in [0.4, 0.5) is 11.4 Å². The smallest absolute Gasteiger partial charge is 0.342 e. The standard InChI is InChI=1S/C18H21N5O4S/c1-2-5-16-19-18(21-20-16)28-15(17(24)25)11-12-10-13(23(26)27)6-7-14(12)22-8-3-4-9-22/h6-7,10-11H,2-5,8-9H2,1H3,(H,24,25)(H,19,20,21)/b15-11+. The lowest BCUT2D eigenvalue weighted by atomic mass is 10.1. The number of non-ortho nitro benzene ring substituents is 1. The largest absolute Gasteiger partial charge is 0.477 e. The lowest BCUT2D eigenvalue weighted by Crippen LogP contribution is -2.18. The molecule has 1 aromatic heterocycles. The van der Waals surface area contributed by atoms with E-state index in [0.29, 0.717) is 16.5 Å². The highest BCUT2D eigenvalue weighted by Crippen LogP contribution is 2.33. The molecule has 0 radical (unpaired) electrons. The molecule has 0 atom stereocenters. The molecular weight excluding hydrogens is 382 g/mol. The molecule has 1 fully saturated rings. The van der Waals surface area contributed by atoms with Crippen molar-refractivity contribution in [2.24, 2.45) is 0 Å². The van der Waals surface area contributed by atoms with Crippen molar-refractivity contribution in [2.75, 3.05) is 18.0 Å². The third-order valence-corrected chi connectivity index (χ3v) is 5.24. The van der Waals surface area contributed by atoms with E-state index in [-0.39, 0.29) is 10.6 Å². The number of nitro groups is 1. The number of aliphatic carboxylic acids is 1. The molecule has 3 rings (SSSR count). The molecule has 2 N–H and O–H groups in total. The SMILES string of the molecule is CCCc1nc(S/C(=C/c2cc([N+](=O)[O-])ccc2N2CCCC2)C(=O)O)n[nH]1. The Balaban J connectivity index is 1.96.